The summed E-state index contributed by atoms with van der Waals surface area (Å²) < 4.78 is 8.65. The first-order valence-electron chi connectivity index (χ1n) is 6.83. The molecular weight excluding hydrogens is 315 g/mol. The average molecular weight is 329 g/mol. The Labute approximate surface area is 131 Å². The lowest BCUT2D eigenvalue weighted by molar-refractivity contribution is 0.548. The van der Waals surface area contributed by atoms with E-state index in [4.69, 9.17) is 23.2 Å². The third-order valence-corrected chi connectivity index (χ3v) is 5.08. The number of hydrogen-bond acceptors (Lipinski definition) is 5. The second-order valence-electron chi connectivity index (χ2n) is 5.52. The van der Waals surface area contributed by atoms with E-state index in [0.29, 0.717) is 16.1 Å². The molecule has 2 fully saturated rings. The number of nitrogens with zero attached hydrogens (tertiary/aromatic N) is 3. The summed E-state index contributed by atoms with van der Waals surface area (Å²) in [5.74, 6) is 0. The van der Waals surface area contributed by atoms with Crippen molar-refractivity contribution in [2.24, 2.45) is 0 Å². The van der Waals surface area contributed by atoms with Crippen molar-refractivity contribution in [1.82, 2.24) is 14.1 Å². The van der Waals surface area contributed by atoms with Crippen molar-refractivity contribution in [3.05, 3.63) is 16.1 Å². The maximum Gasteiger partial charge on any atom is 0.131 e. The molecule has 1 aliphatic carbocycles. The van der Waals surface area contributed by atoms with Gasteiger partial charge in [-0.25, -0.2) is 0 Å². The second kappa shape index (κ2) is 4.98. The van der Waals surface area contributed by atoms with E-state index in [9.17, 15) is 0 Å². The van der Waals surface area contributed by atoms with Crippen LogP contribution in [0, 0.1) is 0 Å². The predicted molar refractivity (Wildman–Crippen MR) is 84.2 cm³/mol. The fourth-order valence-corrected chi connectivity index (χ4v) is 4.07. The van der Waals surface area contributed by atoms with Crippen molar-refractivity contribution in [2.45, 2.75) is 31.3 Å². The van der Waals surface area contributed by atoms with Crippen LogP contribution in [0.2, 0.25) is 10.0 Å². The molecule has 4 nitrogen and oxygen atoms in total. The maximum absolute atomic E-state index is 6.40. The lowest BCUT2D eigenvalue weighted by atomic mass is 10.2. The van der Waals surface area contributed by atoms with Crippen LogP contribution in [0.25, 0.3) is 11.0 Å². The number of anilines is 1. The molecule has 106 valence electrons. The van der Waals surface area contributed by atoms with Crippen molar-refractivity contribution in [3.8, 4) is 0 Å². The third kappa shape index (κ3) is 2.26. The highest BCUT2D eigenvalue weighted by Crippen LogP contribution is 2.39. The Kier molecular flexibility index (Phi) is 3.26. The summed E-state index contributed by atoms with van der Waals surface area (Å²) >= 11 is 13.8. The number of nitrogens with one attached hydrogen (secondary N) is 1. The minimum Gasteiger partial charge on any atom is -0.367 e. The van der Waals surface area contributed by atoms with E-state index in [1.54, 1.807) is 6.07 Å². The fraction of sp³-hybridized carbons (Fsp3) is 0.538. The molecule has 1 aliphatic heterocycles. The summed E-state index contributed by atoms with van der Waals surface area (Å²) in [5.41, 5.74) is 2.58. The molecule has 7 heteroatoms. The summed E-state index contributed by atoms with van der Waals surface area (Å²) in [6.45, 7) is 1.98. The zero-order valence-corrected chi connectivity index (χ0v) is 13.1. The van der Waals surface area contributed by atoms with E-state index in [2.05, 4.69) is 19.0 Å². The van der Waals surface area contributed by atoms with E-state index >= 15 is 0 Å². The lowest BCUT2D eigenvalue weighted by Gasteiger charge is -2.21. The summed E-state index contributed by atoms with van der Waals surface area (Å²) in [6, 6.07) is 3.07. The fourth-order valence-electron chi connectivity index (χ4n) is 2.85. The summed E-state index contributed by atoms with van der Waals surface area (Å²) in [5, 5.41) is 4.93. The number of rotatable bonds is 3. The molecular formula is C13H14Cl2N4S. The number of aromatic nitrogens is 2. The highest BCUT2D eigenvalue weighted by molar-refractivity contribution is 7.00. The minimum atomic E-state index is 0.552. The summed E-state index contributed by atoms with van der Waals surface area (Å²) in [4.78, 5) is 2.31. The smallest absolute Gasteiger partial charge is 0.131 e. The zero-order valence-electron chi connectivity index (χ0n) is 10.8. The van der Waals surface area contributed by atoms with Gasteiger partial charge in [-0.1, -0.05) is 23.2 Å². The Bertz CT molecular complexity index is 655. The van der Waals surface area contributed by atoms with Crippen LogP contribution in [-0.2, 0) is 0 Å². The van der Waals surface area contributed by atoms with Crippen molar-refractivity contribution in [3.63, 3.8) is 0 Å². The van der Waals surface area contributed by atoms with Gasteiger partial charge >= 0.3 is 0 Å². The average Bonchev–Trinajstić information content (AvgIpc) is 2.89. The first kappa shape index (κ1) is 13.1. The largest absolute Gasteiger partial charge is 0.367 e. The topological polar surface area (TPSA) is 41.1 Å². The highest BCUT2D eigenvalue weighted by Gasteiger charge is 2.31. The van der Waals surface area contributed by atoms with Gasteiger partial charge in [0.1, 0.15) is 11.0 Å². The molecule has 0 bridgehead atoms. The van der Waals surface area contributed by atoms with E-state index in [1.807, 2.05) is 0 Å². The van der Waals surface area contributed by atoms with E-state index in [1.165, 1.54) is 24.6 Å². The molecule has 2 aromatic rings. The van der Waals surface area contributed by atoms with Crippen LogP contribution in [0.15, 0.2) is 6.07 Å². The molecule has 2 heterocycles. The van der Waals surface area contributed by atoms with Crippen molar-refractivity contribution in [1.29, 1.82) is 0 Å². The molecule has 0 spiro atoms. The molecule has 0 radical (unpaired) electrons. The summed E-state index contributed by atoms with van der Waals surface area (Å²) in [7, 11) is 0. The van der Waals surface area contributed by atoms with Gasteiger partial charge in [-0.15, -0.1) is 0 Å². The van der Waals surface area contributed by atoms with Crippen LogP contribution in [0.3, 0.4) is 0 Å². The van der Waals surface area contributed by atoms with E-state index in [-0.39, 0.29) is 0 Å². The molecule has 4 rings (SSSR count). The Morgan fingerprint density at radius 1 is 1.10 bits per heavy atom. The number of hydrogen-bond donors (Lipinski definition) is 1. The van der Waals surface area contributed by atoms with Crippen LogP contribution < -0.4 is 10.2 Å². The molecule has 1 aromatic carbocycles. The molecule has 1 saturated carbocycles. The Balaban J connectivity index is 1.66. The van der Waals surface area contributed by atoms with Gasteiger partial charge in [-0.05, 0) is 25.3 Å². The van der Waals surface area contributed by atoms with Crippen LogP contribution in [0.5, 0.6) is 0 Å². The second-order valence-corrected chi connectivity index (χ2v) is 6.87. The first-order chi connectivity index (χ1) is 9.72. The maximum atomic E-state index is 6.40. The van der Waals surface area contributed by atoms with Gasteiger partial charge in [-0.2, -0.15) is 8.75 Å². The molecule has 1 N–H and O–H groups in total. The Morgan fingerprint density at radius 2 is 1.90 bits per heavy atom. The molecule has 20 heavy (non-hydrogen) atoms. The van der Waals surface area contributed by atoms with Crippen LogP contribution in [0.1, 0.15) is 19.3 Å². The number of halogens is 2. The van der Waals surface area contributed by atoms with Gasteiger partial charge in [0.05, 0.1) is 27.5 Å². The third-order valence-electron chi connectivity index (χ3n) is 3.97. The molecule has 1 unspecified atom stereocenters. The zero-order chi connectivity index (χ0) is 13.7. The number of benzene rings is 1. The van der Waals surface area contributed by atoms with Crippen LogP contribution >= 0.6 is 34.9 Å². The first-order valence-corrected chi connectivity index (χ1v) is 8.32. The van der Waals surface area contributed by atoms with E-state index in [0.717, 1.165) is 42.3 Å². The normalized spacial score (nSPS) is 22.9. The van der Waals surface area contributed by atoms with Gasteiger partial charge in [0.2, 0.25) is 0 Å². The minimum absolute atomic E-state index is 0.552. The molecule has 0 amide bonds. The quantitative estimate of drug-likeness (QED) is 0.938. The highest BCUT2D eigenvalue weighted by atomic mass is 35.5. The van der Waals surface area contributed by atoms with Crippen molar-refractivity contribution < 1.29 is 0 Å². The van der Waals surface area contributed by atoms with Crippen molar-refractivity contribution in [2.75, 3.05) is 18.0 Å². The monoisotopic (exact) mass is 328 g/mol. The molecule has 2 aliphatic rings. The SMILES string of the molecule is Clc1cc(Cl)c2nsnc2c1N1CCC(NC2CC2)C1. The standard InChI is InChI=1S/C13H14Cl2N4S/c14-9-5-10(15)13(12-11(9)17-20-18-12)19-4-3-8(6-19)16-7-1-2-7/h5,7-8,16H,1-4,6H2. The summed E-state index contributed by atoms with van der Waals surface area (Å²) in [6.07, 6.45) is 3.78. The van der Waals surface area contributed by atoms with E-state index < -0.39 is 0 Å². The Hall–Kier alpha value is -0.620. The molecule has 1 atom stereocenters. The van der Waals surface area contributed by atoms with Crippen molar-refractivity contribution >= 4 is 51.7 Å². The van der Waals surface area contributed by atoms with Gasteiger partial charge in [0.25, 0.3) is 0 Å². The van der Waals surface area contributed by atoms with Gasteiger partial charge < -0.3 is 10.2 Å². The van der Waals surface area contributed by atoms with Gasteiger partial charge in [0.15, 0.2) is 0 Å². The number of fused-ring (bicyclic) bond motifs is 1. The van der Waals surface area contributed by atoms with Gasteiger partial charge in [0, 0.05) is 25.2 Å². The molecule has 1 saturated heterocycles. The Morgan fingerprint density at radius 3 is 2.70 bits per heavy atom. The lowest BCUT2D eigenvalue weighted by Crippen LogP contribution is -2.34. The van der Waals surface area contributed by atoms with Gasteiger partial charge in [-0.3, -0.25) is 0 Å². The van der Waals surface area contributed by atoms with Crippen LogP contribution in [0.4, 0.5) is 5.69 Å². The molecule has 1 aromatic heterocycles. The van der Waals surface area contributed by atoms with Crippen LogP contribution in [-0.4, -0.2) is 33.9 Å². The predicted octanol–water partition coefficient (Wildman–Crippen LogP) is 3.33.